The van der Waals surface area contributed by atoms with Gasteiger partial charge in [-0.2, -0.15) is 0 Å². The third-order valence-corrected chi connectivity index (χ3v) is 6.69. The van der Waals surface area contributed by atoms with Gasteiger partial charge in [0, 0.05) is 6.07 Å². The first-order valence-corrected chi connectivity index (χ1v) is 11.0. The molecule has 1 atom stereocenters. The van der Waals surface area contributed by atoms with Crippen molar-refractivity contribution in [1.29, 1.82) is 0 Å². The average Bonchev–Trinajstić information content (AvgIpc) is 3.14. The summed E-state index contributed by atoms with van der Waals surface area (Å²) in [5.41, 5.74) is -0.245. The minimum Gasteiger partial charge on any atom is -0.495 e. The van der Waals surface area contributed by atoms with Gasteiger partial charge in [0.25, 0.3) is 0 Å². The molecule has 1 heterocycles. The summed E-state index contributed by atoms with van der Waals surface area (Å²) < 4.78 is 42.4. The van der Waals surface area contributed by atoms with Gasteiger partial charge in [-0.15, -0.1) is 0 Å². The Balaban J connectivity index is 1.92. The lowest BCUT2D eigenvalue weighted by Crippen LogP contribution is -2.27. The largest absolute Gasteiger partial charge is 0.495 e. The second-order valence-electron chi connectivity index (χ2n) is 6.42. The van der Waals surface area contributed by atoms with Crippen molar-refractivity contribution >= 4 is 33.0 Å². The molecular weight excluding hydrogens is 416 g/mol. The summed E-state index contributed by atoms with van der Waals surface area (Å²) in [5, 5.41) is 0.325. The fourth-order valence-corrected chi connectivity index (χ4v) is 4.87. The van der Waals surface area contributed by atoms with Crippen LogP contribution in [0.3, 0.4) is 0 Å². The molecule has 0 unspecified atom stereocenters. The Kier molecular flexibility index (Phi) is 6.49. The van der Waals surface area contributed by atoms with Crippen molar-refractivity contribution in [3.8, 4) is 11.5 Å². The number of hydrogen-bond donors (Lipinski definition) is 0. The SMILES string of the molecule is CCC[C@H](Oc1ccc(OC)c(Cl)c1)S(=O)(=O)c1cccc(C2=CCOC2=O)c1. The van der Waals surface area contributed by atoms with Crippen LogP contribution >= 0.6 is 11.6 Å². The fourth-order valence-electron chi connectivity index (χ4n) is 2.98. The first-order valence-electron chi connectivity index (χ1n) is 9.08. The van der Waals surface area contributed by atoms with E-state index >= 15 is 0 Å². The predicted molar refractivity (Wildman–Crippen MR) is 110 cm³/mol. The van der Waals surface area contributed by atoms with Crippen LogP contribution in [0.25, 0.3) is 5.57 Å². The first kappa shape index (κ1) is 21.2. The smallest absolute Gasteiger partial charge is 0.338 e. The molecule has 0 fully saturated rings. The lowest BCUT2D eigenvalue weighted by Gasteiger charge is -2.20. The second kappa shape index (κ2) is 8.88. The number of carbonyl (C=O) groups is 1. The summed E-state index contributed by atoms with van der Waals surface area (Å²) in [6, 6.07) is 11.0. The number of sulfone groups is 1. The van der Waals surface area contributed by atoms with E-state index in [4.69, 9.17) is 25.8 Å². The van der Waals surface area contributed by atoms with Gasteiger partial charge in [0.05, 0.1) is 22.6 Å². The van der Waals surface area contributed by atoms with Crippen LogP contribution in [0.2, 0.25) is 5.02 Å². The number of benzene rings is 2. The Morgan fingerprint density at radius 3 is 2.62 bits per heavy atom. The van der Waals surface area contributed by atoms with E-state index in [-0.39, 0.29) is 11.5 Å². The lowest BCUT2D eigenvalue weighted by molar-refractivity contribution is -0.133. The van der Waals surface area contributed by atoms with Gasteiger partial charge in [-0.05, 0) is 42.3 Å². The van der Waals surface area contributed by atoms with Crippen molar-refractivity contribution in [2.75, 3.05) is 13.7 Å². The molecule has 0 saturated heterocycles. The normalized spacial score (nSPS) is 14.9. The molecule has 0 radical (unpaired) electrons. The Morgan fingerprint density at radius 2 is 2.00 bits per heavy atom. The zero-order valence-electron chi connectivity index (χ0n) is 16.1. The lowest BCUT2D eigenvalue weighted by atomic mass is 10.1. The summed E-state index contributed by atoms with van der Waals surface area (Å²) in [5.74, 6) is 0.336. The zero-order valence-corrected chi connectivity index (χ0v) is 17.6. The molecule has 0 amide bonds. The van der Waals surface area contributed by atoms with Gasteiger partial charge in [0.15, 0.2) is 0 Å². The molecular formula is C21H21ClO6S. The highest BCUT2D eigenvalue weighted by molar-refractivity contribution is 7.92. The van der Waals surface area contributed by atoms with Gasteiger partial charge in [0.1, 0.15) is 18.1 Å². The van der Waals surface area contributed by atoms with Gasteiger partial charge >= 0.3 is 5.97 Å². The molecule has 0 saturated carbocycles. The van der Waals surface area contributed by atoms with Crippen LogP contribution in [0.1, 0.15) is 25.3 Å². The number of rotatable bonds is 8. The van der Waals surface area contributed by atoms with E-state index in [2.05, 4.69) is 0 Å². The van der Waals surface area contributed by atoms with Gasteiger partial charge < -0.3 is 14.2 Å². The molecule has 0 N–H and O–H groups in total. The molecule has 3 rings (SSSR count). The number of cyclic esters (lactones) is 1. The minimum absolute atomic E-state index is 0.0775. The van der Waals surface area contributed by atoms with Crippen LogP contribution in [0.4, 0.5) is 0 Å². The molecule has 0 spiro atoms. The van der Waals surface area contributed by atoms with Crippen LogP contribution in [-0.2, 0) is 19.4 Å². The standard InChI is InChI=1S/C21H21ClO6S/c1-3-5-20(28-15-8-9-19(26-2)18(22)13-15)29(24,25)16-7-4-6-14(12-16)17-10-11-27-21(17)23/h4,6-10,12-13,20H,3,5,11H2,1-2H3/t20-/m1/s1. The number of carbonyl (C=O) groups excluding carboxylic acids is 1. The summed E-state index contributed by atoms with van der Waals surface area (Å²) >= 11 is 6.12. The van der Waals surface area contributed by atoms with E-state index in [9.17, 15) is 13.2 Å². The molecule has 0 aliphatic carbocycles. The van der Waals surface area contributed by atoms with Crippen molar-refractivity contribution < 1.29 is 27.4 Å². The predicted octanol–water partition coefficient (Wildman–Crippen LogP) is 4.27. The molecule has 2 aromatic rings. The Labute approximate surface area is 175 Å². The third kappa shape index (κ3) is 4.57. The van der Waals surface area contributed by atoms with Crippen LogP contribution in [0, 0.1) is 0 Å². The van der Waals surface area contributed by atoms with Crippen LogP contribution in [0.5, 0.6) is 11.5 Å². The maximum atomic E-state index is 13.3. The van der Waals surface area contributed by atoms with Crippen molar-refractivity contribution in [2.24, 2.45) is 0 Å². The highest BCUT2D eigenvalue weighted by Gasteiger charge is 2.30. The summed E-state index contributed by atoms with van der Waals surface area (Å²) in [7, 11) is -2.34. The quantitative estimate of drug-likeness (QED) is 0.575. The molecule has 29 heavy (non-hydrogen) atoms. The molecule has 0 aromatic heterocycles. The molecule has 8 heteroatoms. The number of halogens is 1. The number of esters is 1. The van der Waals surface area contributed by atoms with Gasteiger partial charge in [-0.3, -0.25) is 0 Å². The minimum atomic E-state index is -3.84. The van der Waals surface area contributed by atoms with E-state index in [1.807, 2.05) is 6.92 Å². The van der Waals surface area contributed by atoms with Gasteiger partial charge in [-0.25, -0.2) is 13.2 Å². The van der Waals surface area contributed by atoms with E-state index in [0.717, 1.165) is 0 Å². The van der Waals surface area contributed by atoms with Crippen LogP contribution < -0.4 is 9.47 Å². The van der Waals surface area contributed by atoms with Crippen molar-refractivity contribution in [3.63, 3.8) is 0 Å². The Bertz CT molecular complexity index is 1040. The average molecular weight is 437 g/mol. The molecule has 2 aromatic carbocycles. The van der Waals surface area contributed by atoms with Crippen LogP contribution in [-0.4, -0.2) is 33.5 Å². The van der Waals surface area contributed by atoms with Crippen molar-refractivity contribution in [1.82, 2.24) is 0 Å². The van der Waals surface area contributed by atoms with Crippen molar-refractivity contribution in [2.45, 2.75) is 30.1 Å². The summed E-state index contributed by atoms with van der Waals surface area (Å²) in [6.45, 7) is 2.06. The van der Waals surface area contributed by atoms with E-state index < -0.39 is 21.2 Å². The van der Waals surface area contributed by atoms with E-state index in [1.165, 1.54) is 25.3 Å². The van der Waals surface area contributed by atoms with Crippen molar-refractivity contribution in [3.05, 3.63) is 59.1 Å². The second-order valence-corrected chi connectivity index (χ2v) is 8.92. The van der Waals surface area contributed by atoms with E-state index in [1.54, 1.807) is 30.3 Å². The fraction of sp³-hybridized carbons (Fsp3) is 0.286. The number of hydrogen-bond acceptors (Lipinski definition) is 6. The Hall–Kier alpha value is -2.51. The molecule has 6 nitrogen and oxygen atoms in total. The van der Waals surface area contributed by atoms with Gasteiger partial charge in [-0.1, -0.05) is 37.1 Å². The first-order chi connectivity index (χ1) is 13.9. The highest BCUT2D eigenvalue weighted by atomic mass is 35.5. The monoisotopic (exact) mass is 436 g/mol. The van der Waals surface area contributed by atoms with Gasteiger partial charge in [0.2, 0.25) is 15.3 Å². The number of methoxy groups -OCH3 is 1. The zero-order chi connectivity index (χ0) is 21.0. The molecule has 154 valence electrons. The molecule has 1 aliphatic rings. The Morgan fingerprint density at radius 1 is 1.21 bits per heavy atom. The summed E-state index contributed by atoms with van der Waals surface area (Å²) in [6.07, 6.45) is 2.53. The maximum absolute atomic E-state index is 13.3. The van der Waals surface area contributed by atoms with E-state index in [0.29, 0.717) is 40.5 Å². The van der Waals surface area contributed by atoms with Crippen LogP contribution in [0.15, 0.2) is 53.4 Å². The topological polar surface area (TPSA) is 78.9 Å². The number of ether oxygens (including phenoxy) is 3. The molecule has 0 bridgehead atoms. The maximum Gasteiger partial charge on any atom is 0.338 e. The third-order valence-electron chi connectivity index (χ3n) is 4.46. The highest BCUT2D eigenvalue weighted by Crippen LogP contribution is 2.31. The molecule has 1 aliphatic heterocycles. The summed E-state index contributed by atoms with van der Waals surface area (Å²) in [4.78, 5) is 11.9.